The molecule has 0 aliphatic rings. The van der Waals surface area contributed by atoms with Crippen molar-refractivity contribution in [3.05, 3.63) is 83.5 Å². The van der Waals surface area contributed by atoms with Gasteiger partial charge < -0.3 is 10.1 Å². The van der Waals surface area contributed by atoms with Crippen molar-refractivity contribution >= 4 is 29.1 Å². The summed E-state index contributed by atoms with van der Waals surface area (Å²) in [6.07, 6.45) is 1.58. The molecule has 2 amide bonds. The van der Waals surface area contributed by atoms with Gasteiger partial charge in [-0.1, -0.05) is 54.1 Å². The predicted octanol–water partition coefficient (Wildman–Crippen LogP) is 4.96. The van der Waals surface area contributed by atoms with Crippen LogP contribution >= 0.6 is 11.6 Å². The fourth-order valence-corrected chi connectivity index (χ4v) is 2.34. The second kappa shape index (κ2) is 8.17. The van der Waals surface area contributed by atoms with Gasteiger partial charge in [0.25, 0.3) is 0 Å². The van der Waals surface area contributed by atoms with Gasteiger partial charge in [0.2, 0.25) is 0 Å². The second-order valence-electron chi connectivity index (χ2n) is 5.18. The topological polar surface area (TPSA) is 63.2 Å². The summed E-state index contributed by atoms with van der Waals surface area (Å²) in [5.74, 6) is 0.823. The maximum atomic E-state index is 12.2. The Kier molecular flexibility index (Phi) is 5.49. The number of ether oxygens (including phenoxy) is 1. The third kappa shape index (κ3) is 4.71. The standard InChI is InChI=1S/C19H16ClN3O2/c20-15-9-4-5-10-16(15)22-19(24)23-18-17(11-6-12-21-18)25-13-14-7-2-1-3-8-14/h1-12H,13H2,(H2,21,22,23,24). The van der Waals surface area contributed by atoms with Crippen molar-refractivity contribution in [3.63, 3.8) is 0 Å². The first kappa shape index (κ1) is 16.8. The average molecular weight is 354 g/mol. The van der Waals surface area contributed by atoms with Crippen LogP contribution in [-0.2, 0) is 6.61 Å². The molecule has 126 valence electrons. The van der Waals surface area contributed by atoms with Crippen LogP contribution in [0.2, 0.25) is 5.02 Å². The molecule has 0 unspecified atom stereocenters. The smallest absolute Gasteiger partial charge is 0.324 e. The molecule has 1 heterocycles. The SMILES string of the molecule is O=C(Nc1ccccc1Cl)Nc1ncccc1OCc1ccccc1. The van der Waals surface area contributed by atoms with Crippen molar-refractivity contribution < 1.29 is 9.53 Å². The number of pyridine rings is 1. The number of nitrogens with one attached hydrogen (secondary N) is 2. The highest BCUT2D eigenvalue weighted by atomic mass is 35.5. The molecule has 3 aromatic rings. The third-order valence-corrected chi connectivity index (χ3v) is 3.69. The number of hydrogen-bond donors (Lipinski definition) is 2. The lowest BCUT2D eigenvalue weighted by molar-refractivity contribution is 0.261. The van der Waals surface area contributed by atoms with Crippen molar-refractivity contribution in [2.45, 2.75) is 6.61 Å². The van der Waals surface area contributed by atoms with Crippen LogP contribution in [0.25, 0.3) is 0 Å². The van der Waals surface area contributed by atoms with E-state index in [1.165, 1.54) is 0 Å². The third-order valence-electron chi connectivity index (χ3n) is 3.36. The largest absolute Gasteiger partial charge is 0.485 e. The van der Waals surface area contributed by atoms with Gasteiger partial charge >= 0.3 is 6.03 Å². The molecule has 1 aromatic heterocycles. The van der Waals surface area contributed by atoms with Crippen LogP contribution in [0, 0.1) is 0 Å². The number of hydrogen-bond acceptors (Lipinski definition) is 3. The van der Waals surface area contributed by atoms with Crippen molar-refractivity contribution in [2.75, 3.05) is 10.6 Å². The highest BCUT2D eigenvalue weighted by Gasteiger charge is 2.10. The van der Waals surface area contributed by atoms with Gasteiger partial charge in [0.1, 0.15) is 6.61 Å². The van der Waals surface area contributed by atoms with Crippen LogP contribution in [0.5, 0.6) is 5.75 Å². The minimum atomic E-state index is -0.448. The van der Waals surface area contributed by atoms with E-state index in [0.29, 0.717) is 28.9 Å². The summed E-state index contributed by atoms with van der Waals surface area (Å²) in [6.45, 7) is 0.382. The molecule has 0 aliphatic carbocycles. The monoisotopic (exact) mass is 353 g/mol. The molecular weight excluding hydrogens is 338 g/mol. The van der Waals surface area contributed by atoms with Crippen LogP contribution in [0.4, 0.5) is 16.3 Å². The first-order valence-electron chi connectivity index (χ1n) is 7.66. The quantitative estimate of drug-likeness (QED) is 0.681. The van der Waals surface area contributed by atoms with E-state index in [9.17, 15) is 4.79 Å². The van der Waals surface area contributed by atoms with Crippen LogP contribution in [0.3, 0.4) is 0 Å². The van der Waals surface area contributed by atoms with Crippen molar-refractivity contribution in [2.24, 2.45) is 0 Å². The summed E-state index contributed by atoms with van der Waals surface area (Å²) < 4.78 is 5.77. The minimum Gasteiger partial charge on any atom is -0.485 e. The Hall–Kier alpha value is -3.05. The van der Waals surface area contributed by atoms with E-state index >= 15 is 0 Å². The molecular formula is C19H16ClN3O2. The Morgan fingerprint density at radius 2 is 1.72 bits per heavy atom. The van der Waals surface area contributed by atoms with Crippen LogP contribution in [0.1, 0.15) is 5.56 Å². The van der Waals surface area contributed by atoms with E-state index in [0.717, 1.165) is 5.56 Å². The van der Waals surface area contributed by atoms with Crippen molar-refractivity contribution in [3.8, 4) is 5.75 Å². The normalized spacial score (nSPS) is 10.1. The molecule has 0 saturated carbocycles. The van der Waals surface area contributed by atoms with Gasteiger partial charge in [-0.05, 0) is 29.8 Å². The van der Waals surface area contributed by atoms with E-state index in [2.05, 4.69) is 15.6 Å². The molecule has 0 spiro atoms. The molecule has 0 aliphatic heterocycles. The number of nitrogens with zero attached hydrogens (tertiary/aromatic N) is 1. The van der Waals surface area contributed by atoms with Gasteiger partial charge in [-0.15, -0.1) is 0 Å². The number of benzene rings is 2. The van der Waals surface area contributed by atoms with E-state index in [1.807, 2.05) is 30.3 Å². The molecule has 0 radical (unpaired) electrons. The van der Waals surface area contributed by atoms with Gasteiger partial charge in [0, 0.05) is 6.20 Å². The molecule has 0 fully saturated rings. The van der Waals surface area contributed by atoms with Crippen molar-refractivity contribution in [1.29, 1.82) is 0 Å². The van der Waals surface area contributed by atoms with Crippen LogP contribution in [0.15, 0.2) is 72.9 Å². The number of para-hydroxylation sites is 1. The molecule has 25 heavy (non-hydrogen) atoms. The summed E-state index contributed by atoms with van der Waals surface area (Å²) in [7, 11) is 0. The molecule has 0 bridgehead atoms. The molecule has 2 aromatic carbocycles. The van der Waals surface area contributed by atoms with Crippen molar-refractivity contribution in [1.82, 2.24) is 4.98 Å². The first-order chi connectivity index (χ1) is 12.2. The highest BCUT2D eigenvalue weighted by molar-refractivity contribution is 6.33. The average Bonchev–Trinajstić information content (AvgIpc) is 2.64. The Bertz CT molecular complexity index is 856. The molecule has 2 N–H and O–H groups in total. The Labute approximate surface area is 150 Å². The number of rotatable bonds is 5. The van der Waals surface area contributed by atoms with Gasteiger partial charge in [-0.25, -0.2) is 9.78 Å². The highest BCUT2D eigenvalue weighted by Crippen LogP contribution is 2.24. The lowest BCUT2D eigenvalue weighted by Crippen LogP contribution is -2.20. The predicted molar refractivity (Wildman–Crippen MR) is 99.1 cm³/mol. The van der Waals surface area contributed by atoms with E-state index in [-0.39, 0.29) is 0 Å². The molecule has 0 saturated heterocycles. The number of anilines is 2. The van der Waals surface area contributed by atoms with E-state index < -0.39 is 6.03 Å². The first-order valence-corrected chi connectivity index (χ1v) is 8.04. The molecule has 3 rings (SSSR count). The number of halogens is 1. The van der Waals surface area contributed by atoms with E-state index in [4.69, 9.17) is 16.3 Å². The lowest BCUT2D eigenvalue weighted by Gasteiger charge is -2.12. The molecule has 0 atom stereocenters. The molecule has 6 heteroatoms. The summed E-state index contributed by atoms with van der Waals surface area (Å²) in [5.41, 5.74) is 1.54. The fraction of sp³-hybridized carbons (Fsp3) is 0.0526. The summed E-state index contributed by atoms with van der Waals surface area (Å²) >= 11 is 6.04. The molecule has 5 nitrogen and oxygen atoms in total. The summed E-state index contributed by atoms with van der Waals surface area (Å²) in [5, 5.41) is 5.82. The second-order valence-corrected chi connectivity index (χ2v) is 5.59. The van der Waals surface area contributed by atoms with Gasteiger partial charge in [-0.3, -0.25) is 5.32 Å². The Balaban J connectivity index is 1.66. The van der Waals surface area contributed by atoms with Gasteiger partial charge in [0.05, 0.1) is 10.7 Å². The Morgan fingerprint density at radius 3 is 2.52 bits per heavy atom. The minimum absolute atomic E-state index is 0.336. The number of carbonyl (C=O) groups is 1. The zero-order valence-electron chi connectivity index (χ0n) is 13.3. The maximum absolute atomic E-state index is 12.2. The zero-order chi connectivity index (χ0) is 17.5. The van der Waals surface area contributed by atoms with Gasteiger partial charge in [0.15, 0.2) is 11.6 Å². The maximum Gasteiger partial charge on any atom is 0.324 e. The number of amides is 2. The number of aromatic nitrogens is 1. The van der Waals surface area contributed by atoms with E-state index in [1.54, 1.807) is 42.6 Å². The van der Waals surface area contributed by atoms with Gasteiger partial charge in [-0.2, -0.15) is 0 Å². The fourth-order valence-electron chi connectivity index (χ4n) is 2.16. The zero-order valence-corrected chi connectivity index (χ0v) is 14.0. The number of carbonyl (C=O) groups excluding carboxylic acids is 1. The summed E-state index contributed by atoms with van der Waals surface area (Å²) in [6, 6.07) is 19.8. The van der Waals surface area contributed by atoms with Crippen LogP contribution in [-0.4, -0.2) is 11.0 Å². The number of urea groups is 1. The lowest BCUT2D eigenvalue weighted by atomic mass is 10.2. The van der Waals surface area contributed by atoms with Crippen LogP contribution < -0.4 is 15.4 Å². The Morgan fingerprint density at radius 1 is 0.960 bits per heavy atom. The summed E-state index contributed by atoms with van der Waals surface area (Å²) in [4.78, 5) is 16.3.